The van der Waals surface area contributed by atoms with Gasteiger partial charge in [0.25, 0.3) is 0 Å². The number of aliphatic hydroxyl groups is 2. The Balaban J connectivity index is -0.000000187. The van der Waals surface area contributed by atoms with Crippen LogP contribution in [-0.4, -0.2) is 38.7 Å². The number of hydrogen-bond acceptors (Lipinski definition) is 4. The molecule has 6 heteroatoms. The van der Waals surface area contributed by atoms with Gasteiger partial charge in [-0.3, -0.25) is 0 Å². The summed E-state index contributed by atoms with van der Waals surface area (Å²) in [4.78, 5) is 19.2. The van der Waals surface area contributed by atoms with E-state index in [4.69, 9.17) is 20.4 Å². The third-order valence-corrected chi connectivity index (χ3v) is 1.28. The van der Waals surface area contributed by atoms with Gasteiger partial charge in [-0.1, -0.05) is 26.5 Å². The Kier molecular flexibility index (Phi) is 16.1. The summed E-state index contributed by atoms with van der Waals surface area (Å²) in [5.74, 6) is -1.87. The van der Waals surface area contributed by atoms with Gasteiger partial charge in [-0.15, -0.1) is 0 Å². The van der Waals surface area contributed by atoms with E-state index >= 15 is 0 Å². The van der Waals surface area contributed by atoms with Crippen molar-refractivity contribution in [2.24, 2.45) is 0 Å². The normalized spacial score (nSPS) is 8.33. The van der Waals surface area contributed by atoms with Crippen molar-refractivity contribution >= 4 is 11.9 Å². The number of rotatable bonds is 4. The van der Waals surface area contributed by atoms with Crippen molar-refractivity contribution in [2.45, 2.75) is 39.9 Å². The van der Waals surface area contributed by atoms with E-state index in [1.54, 1.807) is 0 Å². The second kappa shape index (κ2) is 13.4. The molecule has 18 heavy (non-hydrogen) atoms. The molecule has 0 rings (SSSR count). The van der Waals surface area contributed by atoms with Crippen LogP contribution in [0.4, 0.5) is 0 Å². The molecule has 0 saturated heterocycles. The zero-order valence-corrected chi connectivity index (χ0v) is 11.0. The first-order valence-electron chi connectivity index (χ1n) is 5.19. The Labute approximate surface area is 107 Å². The van der Waals surface area contributed by atoms with Gasteiger partial charge in [0.05, 0.1) is 0 Å². The van der Waals surface area contributed by atoms with Crippen LogP contribution in [0.15, 0.2) is 24.3 Å². The van der Waals surface area contributed by atoms with Crippen molar-refractivity contribution in [2.75, 3.05) is 0 Å². The maximum absolute atomic E-state index is 9.60. The van der Waals surface area contributed by atoms with Crippen LogP contribution in [0, 0.1) is 0 Å². The largest absolute Gasteiger partial charge is 0.478 e. The number of carboxylic acids is 2. The highest BCUT2D eigenvalue weighted by atomic mass is 16.5. The topological polar surface area (TPSA) is 115 Å². The lowest BCUT2D eigenvalue weighted by Crippen LogP contribution is -2.01. The number of carbonyl (C=O) groups is 2. The van der Waals surface area contributed by atoms with Crippen molar-refractivity contribution in [3.63, 3.8) is 0 Å². The molecule has 0 aliphatic carbocycles. The molecule has 6 nitrogen and oxygen atoms in total. The quantitative estimate of drug-likeness (QED) is 0.449. The van der Waals surface area contributed by atoms with Gasteiger partial charge in [0.2, 0.25) is 0 Å². The molecule has 4 N–H and O–H groups in total. The van der Waals surface area contributed by atoms with Gasteiger partial charge in [0, 0.05) is 11.1 Å². The average Bonchev–Trinajstić information content (AvgIpc) is 2.18. The highest BCUT2D eigenvalue weighted by Crippen LogP contribution is 1.88. The molecule has 0 saturated carbocycles. The zero-order chi connectivity index (χ0) is 15.3. The van der Waals surface area contributed by atoms with E-state index < -0.39 is 18.2 Å². The van der Waals surface area contributed by atoms with Gasteiger partial charge in [-0.2, -0.15) is 0 Å². The van der Waals surface area contributed by atoms with Crippen LogP contribution in [0.1, 0.15) is 33.6 Å². The van der Waals surface area contributed by atoms with Gasteiger partial charge in [-0.25, -0.2) is 9.59 Å². The first-order chi connectivity index (χ1) is 8.06. The maximum atomic E-state index is 9.60. The van der Waals surface area contributed by atoms with Gasteiger partial charge < -0.3 is 20.4 Å². The molecule has 0 aliphatic heterocycles. The molecule has 0 aromatic rings. The molecule has 0 unspecified atom stereocenters. The third kappa shape index (κ3) is 29.3. The SMILES string of the molecule is C=C(C)C(=O)O.C=C(C)C(=O)O.CCCC(O)O. The second-order valence-electron chi connectivity index (χ2n) is 3.44. The van der Waals surface area contributed by atoms with E-state index in [1.807, 2.05) is 6.92 Å². The Bertz CT molecular complexity index is 232. The van der Waals surface area contributed by atoms with E-state index in [0.717, 1.165) is 6.42 Å². The standard InChI is InChI=1S/2C4H6O2.C4H10O2/c2*1-3(2)4(5)6;1-2-3-4(5)6/h2*1H2,2H3,(H,5,6);4-6H,2-3H2,1H3. The first kappa shape index (κ1) is 21.6. The summed E-state index contributed by atoms with van der Waals surface area (Å²) in [5.41, 5.74) is 0.352. The van der Waals surface area contributed by atoms with E-state index in [-0.39, 0.29) is 11.1 Å². The van der Waals surface area contributed by atoms with Crippen LogP contribution in [-0.2, 0) is 9.59 Å². The summed E-state index contributed by atoms with van der Waals surface area (Å²) in [5, 5.41) is 32.0. The molecule has 0 fully saturated rings. The molecule has 106 valence electrons. The van der Waals surface area contributed by atoms with Crippen LogP contribution in [0.25, 0.3) is 0 Å². The maximum Gasteiger partial charge on any atom is 0.330 e. The summed E-state index contributed by atoms with van der Waals surface area (Å²) in [6.07, 6.45) is 0.215. The molecule has 0 atom stereocenters. The van der Waals surface area contributed by atoms with Crippen LogP contribution in [0.3, 0.4) is 0 Å². The third-order valence-electron chi connectivity index (χ3n) is 1.28. The number of carboxylic acid groups (broad SMARTS) is 2. The average molecular weight is 262 g/mol. The van der Waals surface area contributed by atoms with Crippen molar-refractivity contribution < 1.29 is 30.0 Å². The number of hydrogen-bond donors (Lipinski definition) is 4. The summed E-state index contributed by atoms with van der Waals surface area (Å²) in [6, 6.07) is 0. The Morgan fingerprint density at radius 3 is 1.22 bits per heavy atom. The number of aliphatic carboxylic acids is 2. The minimum absolute atomic E-state index is 0.176. The second-order valence-corrected chi connectivity index (χ2v) is 3.44. The summed E-state index contributed by atoms with van der Waals surface area (Å²) < 4.78 is 0. The van der Waals surface area contributed by atoms with E-state index in [1.165, 1.54) is 13.8 Å². The Morgan fingerprint density at radius 2 is 1.22 bits per heavy atom. The summed E-state index contributed by atoms with van der Waals surface area (Å²) >= 11 is 0. The van der Waals surface area contributed by atoms with E-state index in [0.29, 0.717) is 6.42 Å². The van der Waals surface area contributed by atoms with Gasteiger partial charge >= 0.3 is 11.9 Å². The molecule has 0 spiro atoms. The fourth-order valence-corrected chi connectivity index (χ4v) is 0.258. The van der Waals surface area contributed by atoms with Crippen LogP contribution >= 0.6 is 0 Å². The molecule has 0 bridgehead atoms. The van der Waals surface area contributed by atoms with Gasteiger partial charge in [0.1, 0.15) is 0 Å². The molecule has 0 heterocycles. The fourth-order valence-electron chi connectivity index (χ4n) is 0.258. The molecular weight excluding hydrogens is 240 g/mol. The Morgan fingerprint density at radius 1 is 1.00 bits per heavy atom. The van der Waals surface area contributed by atoms with Gasteiger partial charge in [-0.05, 0) is 20.3 Å². The Hall–Kier alpha value is -1.66. The van der Waals surface area contributed by atoms with Crippen molar-refractivity contribution in [3.8, 4) is 0 Å². The zero-order valence-electron chi connectivity index (χ0n) is 11.0. The minimum atomic E-state index is -1.10. The van der Waals surface area contributed by atoms with Gasteiger partial charge in [0.15, 0.2) is 6.29 Å². The molecule has 0 radical (unpaired) electrons. The van der Waals surface area contributed by atoms with Crippen LogP contribution in [0.2, 0.25) is 0 Å². The van der Waals surface area contributed by atoms with Crippen molar-refractivity contribution in [1.29, 1.82) is 0 Å². The fraction of sp³-hybridized carbons (Fsp3) is 0.500. The smallest absolute Gasteiger partial charge is 0.330 e. The molecule has 0 aliphatic rings. The van der Waals surface area contributed by atoms with E-state index in [9.17, 15) is 9.59 Å². The predicted octanol–water partition coefficient (Wildman–Crippen LogP) is 1.39. The molecule has 0 amide bonds. The lowest BCUT2D eigenvalue weighted by Gasteiger charge is -1.94. The van der Waals surface area contributed by atoms with Crippen LogP contribution < -0.4 is 0 Å². The highest BCUT2D eigenvalue weighted by molar-refractivity contribution is 5.85. The summed E-state index contributed by atoms with van der Waals surface area (Å²) in [6.45, 7) is 11.1. The van der Waals surface area contributed by atoms with Crippen LogP contribution in [0.5, 0.6) is 0 Å². The lowest BCUT2D eigenvalue weighted by molar-refractivity contribution is -0.133. The first-order valence-corrected chi connectivity index (χ1v) is 5.19. The van der Waals surface area contributed by atoms with Crippen molar-refractivity contribution in [3.05, 3.63) is 24.3 Å². The summed E-state index contributed by atoms with van der Waals surface area (Å²) in [7, 11) is 0. The monoisotopic (exact) mass is 262 g/mol. The lowest BCUT2D eigenvalue weighted by atomic mass is 10.3. The minimum Gasteiger partial charge on any atom is -0.478 e. The molecule has 0 aromatic heterocycles. The highest BCUT2D eigenvalue weighted by Gasteiger charge is 1.91. The molecule has 0 aromatic carbocycles. The number of aliphatic hydroxyl groups excluding tert-OH is 1. The molecular formula is C12H22O6. The van der Waals surface area contributed by atoms with Crippen molar-refractivity contribution in [1.82, 2.24) is 0 Å². The van der Waals surface area contributed by atoms with E-state index in [2.05, 4.69) is 13.2 Å². The predicted molar refractivity (Wildman–Crippen MR) is 68.0 cm³/mol.